The maximum absolute atomic E-state index is 12.2. The van der Waals surface area contributed by atoms with E-state index >= 15 is 0 Å². The Morgan fingerprint density at radius 1 is 0.857 bits per heavy atom. The molecule has 5 amide bonds. The van der Waals surface area contributed by atoms with Crippen LogP contribution in [0.15, 0.2) is 0 Å². The summed E-state index contributed by atoms with van der Waals surface area (Å²) in [5.41, 5.74) is 15.5. The van der Waals surface area contributed by atoms with Crippen LogP contribution in [0, 0.1) is 0 Å². The Hall–Kier alpha value is -3.26. The fraction of sp³-hybridized carbons (Fsp3) is 0.571. The van der Waals surface area contributed by atoms with Crippen molar-refractivity contribution in [1.29, 1.82) is 0 Å². The van der Waals surface area contributed by atoms with Gasteiger partial charge in [0.15, 0.2) is 0 Å². The summed E-state index contributed by atoms with van der Waals surface area (Å²) in [6.45, 7) is -1.64. The lowest BCUT2D eigenvalue weighted by Crippen LogP contribution is -2.57. The molecule has 14 heteroatoms. The van der Waals surface area contributed by atoms with Gasteiger partial charge >= 0.3 is 5.97 Å². The molecular formula is C14H24N6O8. The van der Waals surface area contributed by atoms with E-state index in [0.29, 0.717) is 0 Å². The van der Waals surface area contributed by atoms with Crippen LogP contribution in [0.5, 0.6) is 0 Å². The van der Waals surface area contributed by atoms with Crippen molar-refractivity contribution < 1.29 is 39.0 Å². The van der Waals surface area contributed by atoms with Crippen molar-refractivity contribution >= 4 is 35.5 Å². The predicted molar refractivity (Wildman–Crippen MR) is 91.8 cm³/mol. The van der Waals surface area contributed by atoms with Crippen molar-refractivity contribution in [3.63, 3.8) is 0 Å². The highest BCUT2D eigenvalue weighted by atomic mass is 16.4. The predicted octanol–water partition coefficient (Wildman–Crippen LogP) is -5.38. The number of rotatable bonds is 13. The van der Waals surface area contributed by atoms with Crippen LogP contribution in [0.4, 0.5) is 0 Å². The third-order valence-electron chi connectivity index (χ3n) is 3.31. The molecule has 0 aliphatic heterocycles. The minimum Gasteiger partial charge on any atom is -0.480 e. The van der Waals surface area contributed by atoms with Gasteiger partial charge in [-0.05, 0) is 6.42 Å². The SMILES string of the molecule is NC(=O)CCC(N)C(=O)NC(CO)C(=O)NC(CC(N)=O)C(=O)NCC(=O)O. The summed E-state index contributed by atoms with van der Waals surface area (Å²) in [6, 6.07) is -4.25. The number of carbonyl (C=O) groups excluding carboxylic acids is 5. The molecule has 11 N–H and O–H groups in total. The Kier molecular flexibility index (Phi) is 10.8. The van der Waals surface area contributed by atoms with Crippen molar-refractivity contribution in [2.45, 2.75) is 37.4 Å². The Morgan fingerprint density at radius 2 is 1.43 bits per heavy atom. The largest absolute Gasteiger partial charge is 0.480 e. The van der Waals surface area contributed by atoms with E-state index in [1.54, 1.807) is 0 Å². The standard InChI is InChI=1S/C14H24N6O8/c15-6(1-2-9(16)22)12(26)20-8(5-21)14(28)19-7(3-10(17)23)13(27)18-4-11(24)25/h6-8,21H,1-5,15H2,(H2,16,22)(H2,17,23)(H,18,27)(H,19,28)(H,20,26)(H,24,25). The number of carbonyl (C=O) groups is 6. The molecule has 3 unspecified atom stereocenters. The quantitative estimate of drug-likeness (QED) is 0.145. The second-order valence-electron chi connectivity index (χ2n) is 5.70. The highest BCUT2D eigenvalue weighted by molar-refractivity contribution is 5.95. The van der Waals surface area contributed by atoms with Crippen molar-refractivity contribution in [2.24, 2.45) is 17.2 Å². The number of aliphatic hydroxyl groups is 1. The van der Waals surface area contributed by atoms with Gasteiger partial charge in [0.1, 0.15) is 18.6 Å². The van der Waals surface area contributed by atoms with E-state index in [1.807, 2.05) is 5.32 Å². The highest BCUT2D eigenvalue weighted by Crippen LogP contribution is 1.98. The second-order valence-corrected chi connectivity index (χ2v) is 5.70. The molecule has 0 radical (unpaired) electrons. The molecule has 3 atom stereocenters. The number of aliphatic carboxylic acids is 1. The fourth-order valence-electron chi connectivity index (χ4n) is 1.87. The number of carboxylic acid groups (broad SMARTS) is 1. The van der Waals surface area contributed by atoms with Crippen LogP contribution in [0.3, 0.4) is 0 Å². The Labute approximate surface area is 159 Å². The first-order valence-corrected chi connectivity index (χ1v) is 8.01. The number of carboxylic acids is 1. The van der Waals surface area contributed by atoms with E-state index in [-0.39, 0.29) is 12.8 Å². The molecule has 14 nitrogen and oxygen atoms in total. The van der Waals surface area contributed by atoms with E-state index in [1.165, 1.54) is 0 Å². The van der Waals surface area contributed by atoms with Crippen molar-refractivity contribution in [3.05, 3.63) is 0 Å². The number of hydrogen-bond acceptors (Lipinski definition) is 8. The van der Waals surface area contributed by atoms with Crippen LogP contribution < -0.4 is 33.2 Å². The Morgan fingerprint density at radius 3 is 1.89 bits per heavy atom. The van der Waals surface area contributed by atoms with Crippen LogP contribution in [0.2, 0.25) is 0 Å². The molecule has 0 spiro atoms. The summed E-state index contributed by atoms with van der Waals surface area (Å²) in [6.07, 6.45) is -0.917. The molecule has 0 aromatic carbocycles. The highest BCUT2D eigenvalue weighted by Gasteiger charge is 2.28. The number of nitrogens with one attached hydrogen (secondary N) is 3. The second kappa shape index (κ2) is 12.2. The first-order chi connectivity index (χ1) is 13.0. The van der Waals surface area contributed by atoms with Crippen molar-refractivity contribution in [3.8, 4) is 0 Å². The summed E-state index contributed by atoms with van der Waals surface area (Å²) in [4.78, 5) is 68.2. The average Bonchev–Trinajstić information content (AvgIpc) is 2.60. The molecule has 158 valence electrons. The van der Waals surface area contributed by atoms with Crippen LogP contribution in [0.25, 0.3) is 0 Å². The smallest absolute Gasteiger partial charge is 0.322 e. The van der Waals surface area contributed by atoms with Gasteiger partial charge in [-0.3, -0.25) is 28.8 Å². The molecule has 28 heavy (non-hydrogen) atoms. The molecule has 0 aromatic heterocycles. The zero-order chi connectivity index (χ0) is 21.9. The van der Waals surface area contributed by atoms with Gasteiger partial charge in [-0.1, -0.05) is 0 Å². The number of hydrogen-bond donors (Lipinski definition) is 8. The minimum absolute atomic E-state index is 0.0944. The van der Waals surface area contributed by atoms with Gasteiger partial charge in [-0.25, -0.2) is 0 Å². The first-order valence-electron chi connectivity index (χ1n) is 8.01. The molecule has 0 saturated carbocycles. The van der Waals surface area contributed by atoms with Gasteiger partial charge in [0.2, 0.25) is 29.5 Å². The molecule has 0 heterocycles. The molecule has 0 saturated heterocycles. The topological polar surface area (TPSA) is 257 Å². The summed E-state index contributed by atoms with van der Waals surface area (Å²) >= 11 is 0. The molecule has 0 bridgehead atoms. The third kappa shape index (κ3) is 10.0. The van der Waals surface area contributed by atoms with Crippen LogP contribution in [-0.2, 0) is 28.8 Å². The molecule has 0 aromatic rings. The van der Waals surface area contributed by atoms with Gasteiger partial charge in [0.05, 0.1) is 19.1 Å². The molecule has 0 rings (SSSR count). The fourth-order valence-corrected chi connectivity index (χ4v) is 1.87. The molecule has 0 aliphatic carbocycles. The Bertz CT molecular complexity index is 625. The molecular weight excluding hydrogens is 380 g/mol. The lowest BCUT2D eigenvalue weighted by atomic mass is 10.1. The van der Waals surface area contributed by atoms with E-state index in [4.69, 9.17) is 22.3 Å². The number of primary amides is 2. The summed E-state index contributed by atoms with van der Waals surface area (Å²) < 4.78 is 0. The summed E-state index contributed by atoms with van der Waals surface area (Å²) in [5, 5.41) is 24.0. The van der Waals surface area contributed by atoms with Gasteiger partial charge in [0, 0.05) is 6.42 Å². The van der Waals surface area contributed by atoms with Crippen LogP contribution >= 0.6 is 0 Å². The van der Waals surface area contributed by atoms with Crippen molar-refractivity contribution in [2.75, 3.05) is 13.2 Å². The van der Waals surface area contributed by atoms with Crippen LogP contribution in [0.1, 0.15) is 19.3 Å². The number of amides is 5. The maximum atomic E-state index is 12.2. The van der Waals surface area contributed by atoms with Gasteiger partial charge in [-0.15, -0.1) is 0 Å². The number of nitrogens with two attached hydrogens (primary N) is 3. The average molecular weight is 404 g/mol. The van der Waals surface area contributed by atoms with Crippen LogP contribution in [-0.4, -0.2) is 77.0 Å². The third-order valence-corrected chi connectivity index (χ3v) is 3.31. The zero-order valence-electron chi connectivity index (χ0n) is 14.8. The number of aliphatic hydroxyl groups excluding tert-OH is 1. The summed E-state index contributed by atoms with van der Waals surface area (Å²) in [7, 11) is 0. The maximum Gasteiger partial charge on any atom is 0.322 e. The van der Waals surface area contributed by atoms with E-state index in [9.17, 15) is 33.9 Å². The zero-order valence-corrected chi connectivity index (χ0v) is 14.8. The van der Waals surface area contributed by atoms with Gasteiger partial charge in [-0.2, -0.15) is 0 Å². The van der Waals surface area contributed by atoms with Crippen molar-refractivity contribution in [1.82, 2.24) is 16.0 Å². The van der Waals surface area contributed by atoms with Gasteiger partial charge in [0.25, 0.3) is 0 Å². The summed E-state index contributed by atoms with van der Waals surface area (Å²) in [5.74, 6) is -5.92. The molecule has 0 aliphatic rings. The van der Waals surface area contributed by atoms with E-state index in [0.717, 1.165) is 0 Å². The minimum atomic E-state index is -1.53. The lowest BCUT2D eigenvalue weighted by Gasteiger charge is -2.22. The normalized spacial score (nSPS) is 13.5. The Balaban J connectivity index is 4.96. The molecule has 0 fully saturated rings. The first kappa shape index (κ1) is 24.7. The van der Waals surface area contributed by atoms with Gasteiger partial charge < -0.3 is 43.4 Å². The lowest BCUT2D eigenvalue weighted by molar-refractivity contribution is -0.139. The van der Waals surface area contributed by atoms with E-state index < -0.39 is 73.2 Å². The van der Waals surface area contributed by atoms with E-state index in [2.05, 4.69) is 10.6 Å². The monoisotopic (exact) mass is 404 g/mol.